The number of thiazole rings is 1. The molecule has 4 rings (SSSR count). The zero-order chi connectivity index (χ0) is 21.3. The first-order valence-electron chi connectivity index (χ1n) is 8.90. The third-order valence-electron chi connectivity index (χ3n) is 4.40. The summed E-state index contributed by atoms with van der Waals surface area (Å²) in [4.78, 5) is 23.8. The maximum atomic E-state index is 13.5. The van der Waals surface area contributed by atoms with Gasteiger partial charge in [-0.1, -0.05) is 47.2 Å². The summed E-state index contributed by atoms with van der Waals surface area (Å²) in [7, 11) is -3.60. The molecule has 0 saturated heterocycles. The monoisotopic (exact) mass is 457 g/mol. The minimum absolute atomic E-state index is 0.0276. The number of halogens is 1. The van der Waals surface area contributed by atoms with E-state index in [0.717, 1.165) is 11.0 Å². The van der Waals surface area contributed by atoms with Gasteiger partial charge >= 0.3 is 0 Å². The van der Waals surface area contributed by atoms with Gasteiger partial charge in [-0.25, -0.2) is 13.4 Å². The molecule has 0 N–H and O–H groups in total. The van der Waals surface area contributed by atoms with Crippen molar-refractivity contribution in [2.24, 2.45) is 0 Å². The quantitative estimate of drug-likeness (QED) is 0.437. The normalized spacial score (nSPS) is 11.5. The fourth-order valence-corrected chi connectivity index (χ4v) is 5.15. The highest BCUT2D eigenvalue weighted by atomic mass is 35.5. The van der Waals surface area contributed by atoms with Crippen molar-refractivity contribution in [3.8, 4) is 0 Å². The molecule has 0 bridgehead atoms. The Bertz CT molecular complexity index is 1340. The van der Waals surface area contributed by atoms with Crippen LogP contribution in [0.2, 0.25) is 5.02 Å². The Hall–Kier alpha value is -2.81. The second-order valence-corrected chi connectivity index (χ2v) is 9.96. The van der Waals surface area contributed by atoms with Gasteiger partial charge in [-0.15, -0.1) is 0 Å². The number of pyridine rings is 1. The number of hydrogen-bond donors (Lipinski definition) is 0. The summed E-state index contributed by atoms with van der Waals surface area (Å²) in [5.41, 5.74) is 1.32. The van der Waals surface area contributed by atoms with E-state index in [2.05, 4.69) is 9.97 Å². The van der Waals surface area contributed by atoms with Crippen LogP contribution < -0.4 is 4.90 Å². The number of anilines is 1. The maximum Gasteiger partial charge on any atom is 0.261 e. The van der Waals surface area contributed by atoms with Gasteiger partial charge in [0.1, 0.15) is 5.52 Å². The number of fused-ring (bicyclic) bond motifs is 1. The van der Waals surface area contributed by atoms with Crippen LogP contribution in [0.25, 0.3) is 10.2 Å². The van der Waals surface area contributed by atoms with Gasteiger partial charge in [-0.2, -0.15) is 0 Å². The summed E-state index contributed by atoms with van der Waals surface area (Å²) in [6.45, 7) is 0.134. The largest absolute Gasteiger partial charge is 0.278 e. The Morgan fingerprint density at radius 2 is 1.83 bits per heavy atom. The molecule has 0 atom stereocenters. The van der Waals surface area contributed by atoms with E-state index in [0.29, 0.717) is 21.4 Å². The molecule has 0 spiro atoms. The summed E-state index contributed by atoms with van der Waals surface area (Å²) >= 11 is 7.57. The topological polar surface area (TPSA) is 80.2 Å². The molecule has 2 aromatic carbocycles. The van der Waals surface area contributed by atoms with Crippen molar-refractivity contribution in [1.29, 1.82) is 0 Å². The predicted octanol–water partition coefficient (Wildman–Crippen LogP) is 4.60. The van der Waals surface area contributed by atoms with E-state index in [9.17, 15) is 13.2 Å². The van der Waals surface area contributed by atoms with E-state index < -0.39 is 15.7 Å². The number of hydrogen-bond acceptors (Lipinski definition) is 6. The van der Waals surface area contributed by atoms with Crippen LogP contribution in [0.3, 0.4) is 0 Å². The Balaban J connectivity index is 1.85. The van der Waals surface area contributed by atoms with Gasteiger partial charge in [0.25, 0.3) is 5.91 Å². The Kier molecular flexibility index (Phi) is 5.55. The van der Waals surface area contributed by atoms with E-state index in [1.807, 2.05) is 18.2 Å². The fourth-order valence-electron chi connectivity index (χ4n) is 3.01. The van der Waals surface area contributed by atoms with E-state index in [1.165, 1.54) is 28.4 Å². The number of rotatable bonds is 5. The highest BCUT2D eigenvalue weighted by Gasteiger charge is 2.27. The second-order valence-electron chi connectivity index (χ2n) is 6.56. The predicted molar refractivity (Wildman–Crippen MR) is 119 cm³/mol. The highest BCUT2D eigenvalue weighted by molar-refractivity contribution is 7.90. The molecule has 4 aromatic rings. The number of sulfone groups is 1. The smallest absolute Gasteiger partial charge is 0.261 e. The van der Waals surface area contributed by atoms with Crippen molar-refractivity contribution >= 4 is 54.0 Å². The lowest BCUT2D eigenvalue weighted by Gasteiger charge is -2.20. The van der Waals surface area contributed by atoms with E-state index in [-0.39, 0.29) is 17.0 Å². The third-order valence-corrected chi connectivity index (χ3v) is 6.90. The number of amides is 1. The van der Waals surface area contributed by atoms with Gasteiger partial charge < -0.3 is 0 Å². The molecule has 2 aromatic heterocycles. The fraction of sp³-hybridized carbons (Fsp3) is 0.0952. The number of benzene rings is 2. The summed E-state index contributed by atoms with van der Waals surface area (Å²) in [6.07, 6.45) is 2.72. The van der Waals surface area contributed by atoms with E-state index in [4.69, 9.17) is 11.6 Å². The number of aromatic nitrogens is 2. The maximum absolute atomic E-state index is 13.5. The van der Waals surface area contributed by atoms with Crippen molar-refractivity contribution in [1.82, 2.24) is 9.97 Å². The molecular weight excluding hydrogens is 442 g/mol. The summed E-state index contributed by atoms with van der Waals surface area (Å²) in [5, 5.41) is 0.897. The van der Waals surface area contributed by atoms with Gasteiger partial charge in [-0.05, 0) is 36.4 Å². The zero-order valence-corrected chi connectivity index (χ0v) is 18.2. The second kappa shape index (κ2) is 8.14. The van der Waals surface area contributed by atoms with Gasteiger partial charge in [0.15, 0.2) is 15.0 Å². The van der Waals surface area contributed by atoms with Crippen LogP contribution in [-0.4, -0.2) is 30.5 Å². The van der Waals surface area contributed by atoms with Crippen LogP contribution >= 0.6 is 22.9 Å². The molecule has 1 amide bonds. The molecule has 2 heterocycles. The number of nitrogens with zero attached hydrogens (tertiary/aromatic N) is 3. The van der Waals surface area contributed by atoms with Gasteiger partial charge in [0.05, 0.1) is 32.4 Å². The first-order valence-corrected chi connectivity index (χ1v) is 12.0. The molecule has 0 radical (unpaired) electrons. The lowest BCUT2D eigenvalue weighted by atomic mass is 10.2. The molecule has 30 heavy (non-hydrogen) atoms. The molecule has 0 aliphatic heterocycles. The number of carbonyl (C=O) groups excluding carboxylic acids is 1. The van der Waals surface area contributed by atoms with Crippen LogP contribution in [0, 0.1) is 0 Å². The number of para-hydroxylation sites is 1. The van der Waals surface area contributed by atoms with Crippen LogP contribution in [0.1, 0.15) is 16.1 Å². The Morgan fingerprint density at radius 3 is 2.53 bits per heavy atom. The van der Waals surface area contributed by atoms with Crippen molar-refractivity contribution < 1.29 is 13.2 Å². The van der Waals surface area contributed by atoms with E-state index in [1.54, 1.807) is 36.5 Å². The molecule has 0 aliphatic carbocycles. The Labute approximate surface area is 182 Å². The van der Waals surface area contributed by atoms with Crippen LogP contribution in [0.15, 0.2) is 71.8 Å². The molecular formula is C21H16ClN3O3S2. The highest BCUT2D eigenvalue weighted by Crippen LogP contribution is 2.34. The third kappa shape index (κ3) is 4.07. The SMILES string of the molecule is CS(=O)(=O)c1ccccc1C(=O)N(Cc1ccccn1)c1nc2c(Cl)cccc2s1. The van der Waals surface area contributed by atoms with Crippen molar-refractivity contribution in [3.05, 3.63) is 83.1 Å². The lowest BCUT2D eigenvalue weighted by Crippen LogP contribution is -2.31. The zero-order valence-electron chi connectivity index (χ0n) is 15.8. The van der Waals surface area contributed by atoms with Crippen LogP contribution in [-0.2, 0) is 16.4 Å². The van der Waals surface area contributed by atoms with E-state index >= 15 is 0 Å². The molecule has 9 heteroatoms. The minimum atomic E-state index is -3.60. The molecule has 0 aliphatic rings. The summed E-state index contributed by atoms with van der Waals surface area (Å²) in [6, 6.07) is 17.0. The standard InChI is InChI=1S/C21H16ClN3O3S2/c1-30(27,28)18-11-3-2-8-15(18)20(26)25(13-14-7-4-5-12-23-14)21-24-19-16(22)9-6-10-17(19)29-21/h2-12H,13H2,1H3. The van der Waals surface area contributed by atoms with Gasteiger partial charge in [0.2, 0.25) is 0 Å². The first kappa shape index (κ1) is 20.5. The molecule has 0 unspecified atom stereocenters. The van der Waals surface area contributed by atoms with Gasteiger partial charge in [0, 0.05) is 12.5 Å². The van der Waals surface area contributed by atoms with Crippen molar-refractivity contribution in [2.75, 3.05) is 11.2 Å². The lowest BCUT2D eigenvalue weighted by molar-refractivity contribution is 0.0981. The van der Waals surface area contributed by atoms with Crippen LogP contribution in [0.5, 0.6) is 0 Å². The van der Waals surface area contributed by atoms with Gasteiger partial charge in [-0.3, -0.25) is 14.7 Å². The Morgan fingerprint density at radius 1 is 1.07 bits per heavy atom. The number of carbonyl (C=O) groups is 1. The summed E-state index contributed by atoms with van der Waals surface area (Å²) in [5.74, 6) is -0.475. The average molecular weight is 458 g/mol. The molecule has 6 nitrogen and oxygen atoms in total. The molecule has 0 fully saturated rings. The summed E-state index contributed by atoms with van der Waals surface area (Å²) < 4.78 is 25.3. The first-order chi connectivity index (χ1) is 14.3. The van der Waals surface area contributed by atoms with Crippen molar-refractivity contribution in [2.45, 2.75) is 11.4 Å². The average Bonchev–Trinajstić information content (AvgIpc) is 3.17. The van der Waals surface area contributed by atoms with Crippen molar-refractivity contribution in [3.63, 3.8) is 0 Å². The van der Waals surface area contributed by atoms with Crippen LogP contribution in [0.4, 0.5) is 5.13 Å². The minimum Gasteiger partial charge on any atom is -0.278 e. The molecule has 152 valence electrons. The molecule has 0 saturated carbocycles.